The smallest absolute Gasteiger partial charge is 0.220 e. The number of unbranched alkanes of at least 4 members (excludes halogenated alkanes) is 18. The summed E-state index contributed by atoms with van der Waals surface area (Å²) in [5.41, 5.74) is 0. The summed E-state index contributed by atoms with van der Waals surface area (Å²) in [6.45, 7) is 2.71. The van der Waals surface area contributed by atoms with Crippen LogP contribution in [0.25, 0.3) is 0 Å². The van der Waals surface area contributed by atoms with Gasteiger partial charge in [-0.25, -0.2) is 0 Å². The molecule has 2 fully saturated rings. The van der Waals surface area contributed by atoms with Crippen molar-refractivity contribution in [1.82, 2.24) is 5.32 Å². The molecule has 0 bridgehead atoms. The molecule has 0 spiro atoms. The number of carbonyl (C=O) groups is 1. The van der Waals surface area contributed by atoms with Gasteiger partial charge in [-0.1, -0.05) is 147 Å². The molecule has 0 aliphatic carbocycles. The molecular weight excluding hydrogens is 787 g/mol. The molecule has 1 amide bonds. The molecule has 2 heterocycles. The zero-order chi connectivity index (χ0) is 44.7. The van der Waals surface area contributed by atoms with Crippen LogP contribution in [0.1, 0.15) is 162 Å². The Kier molecular flexibility index (Phi) is 31.4. The van der Waals surface area contributed by atoms with Crippen LogP contribution in [0.3, 0.4) is 0 Å². The summed E-state index contributed by atoms with van der Waals surface area (Å²) in [6.07, 6.45) is 20.5. The Morgan fingerprint density at radius 3 is 1.61 bits per heavy atom. The van der Waals surface area contributed by atoms with Crippen LogP contribution in [0, 0.1) is 0 Å². The number of allylic oxidation sites excluding steroid dienone is 5. The molecule has 2 saturated heterocycles. The van der Waals surface area contributed by atoms with Crippen LogP contribution in [0.2, 0.25) is 0 Å². The number of nitrogens with one attached hydrogen (secondary N) is 1. The van der Waals surface area contributed by atoms with Crippen molar-refractivity contribution in [3.05, 3.63) is 36.5 Å². The zero-order valence-electron chi connectivity index (χ0n) is 37.4. The second-order valence-electron chi connectivity index (χ2n) is 16.9. The maximum atomic E-state index is 13.1. The predicted octanol–water partition coefficient (Wildman–Crippen LogP) is 5.15. The van der Waals surface area contributed by atoms with Crippen molar-refractivity contribution in [2.24, 2.45) is 0 Å². The van der Waals surface area contributed by atoms with Gasteiger partial charge >= 0.3 is 0 Å². The van der Waals surface area contributed by atoms with Gasteiger partial charge in [-0.05, 0) is 44.9 Å². The van der Waals surface area contributed by atoms with Crippen LogP contribution in [-0.2, 0) is 23.7 Å². The topological polar surface area (TPSA) is 228 Å². The lowest BCUT2D eigenvalue weighted by molar-refractivity contribution is -0.359. The average molecular weight is 872 g/mol. The number of hydrogen-bond donors (Lipinski definition) is 9. The van der Waals surface area contributed by atoms with Crippen LogP contribution in [0.15, 0.2) is 36.5 Å². The van der Waals surface area contributed by atoms with Gasteiger partial charge in [0.05, 0.1) is 32.0 Å². The molecule has 12 unspecified atom stereocenters. The van der Waals surface area contributed by atoms with Crippen LogP contribution >= 0.6 is 0 Å². The average Bonchev–Trinajstić information content (AvgIpc) is 3.26. The van der Waals surface area contributed by atoms with E-state index in [1.54, 1.807) is 6.08 Å². The van der Waals surface area contributed by atoms with Crippen molar-refractivity contribution in [3.63, 3.8) is 0 Å². The van der Waals surface area contributed by atoms with Crippen LogP contribution in [0.4, 0.5) is 0 Å². The van der Waals surface area contributed by atoms with Gasteiger partial charge < -0.3 is 65.1 Å². The number of aliphatic hydroxyl groups excluding tert-OH is 8. The fourth-order valence-corrected chi connectivity index (χ4v) is 7.61. The third-order valence-corrected chi connectivity index (χ3v) is 11.6. The summed E-state index contributed by atoms with van der Waals surface area (Å²) in [7, 11) is 0. The minimum atomic E-state index is -1.79. The second kappa shape index (κ2) is 34.6. The van der Waals surface area contributed by atoms with Gasteiger partial charge in [-0.3, -0.25) is 4.79 Å². The maximum Gasteiger partial charge on any atom is 0.220 e. The molecule has 12 atom stereocenters. The molecule has 2 aliphatic rings. The molecule has 0 radical (unpaired) electrons. The van der Waals surface area contributed by atoms with Crippen molar-refractivity contribution in [3.8, 4) is 0 Å². The van der Waals surface area contributed by atoms with E-state index in [-0.39, 0.29) is 18.9 Å². The first-order valence-electron chi connectivity index (χ1n) is 23.7. The van der Waals surface area contributed by atoms with Gasteiger partial charge in [0.15, 0.2) is 12.6 Å². The summed E-state index contributed by atoms with van der Waals surface area (Å²) in [5, 5.41) is 86.5. The molecular formula is C47H85NO13. The molecule has 356 valence electrons. The van der Waals surface area contributed by atoms with Crippen LogP contribution in [0.5, 0.6) is 0 Å². The van der Waals surface area contributed by atoms with E-state index in [4.69, 9.17) is 18.9 Å². The van der Waals surface area contributed by atoms with E-state index in [9.17, 15) is 45.6 Å². The Hall–Kier alpha value is -1.79. The number of aliphatic hydroxyl groups is 8. The summed E-state index contributed by atoms with van der Waals surface area (Å²) >= 11 is 0. The van der Waals surface area contributed by atoms with Crippen molar-refractivity contribution >= 4 is 5.91 Å². The minimum Gasteiger partial charge on any atom is -0.394 e. The Bertz CT molecular complexity index is 1170. The van der Waals surface area contributed by atoms with E-state index >= 15 is 0 Å². The molecule has 14 nitrogen and oxygen atoms in total. The summed E-state index contributed by atoms with van der Waals surface area (Å²) in [5.74, 6) is -0.257. The third-order valence-electron chi connectivity index (χ3n) is 11.6. The molecule has 0 aromatic carbocycles. The number of ether oxygens (including phenoxy) is 4. The Labute approximate surface area is 366 Å². The first-order chi connectivity index (χ1) is 29.6. The molecule has 0 aromatic rings. The van der Waals surface area contributed by atoms with Crippen molar-refractivity contribution in [2.45, 2.75) is 235 Å². The normalized spacial score (nSPS) is 28.3. The lowest BCUT2D eigenvalue weighted by atomic mass is 9.97. The first-order valence-corrected chi connectivity index (χ1v) is 23.7. The molecule has 2 aliphatic heterocycles. The van der Waals surface area contributed by atoms with Crippen LogP contribution < -0.4 is 5.32 Å². The summed E-state index contributed by atoms with van der Waals surface area (Å²) in [4.78, 5) is 13.1. The lowest BCUT2D eigenvalue weighted by Gasteiger charge is -2.46. The highest BCUT2D eigenvalue weighted by Gasteiger charge is 2.50. The van der Waals surface area contributed by atoms with Crippen LogP contribution in [-0.4, -0.2) is 140 Å². The lowest BCUT2D eigenvalue weighted by Crippen LogP contribution is -2.65. The van der Waals surface area contributed by atoms with E-state index in [2.05, 4.69) is 43.5 Å². The van der Waals surface area contributed by atoms with Gasteiger partial charge in [-0.2, -0.15) is 0 Å². The molecule has 0 saturated carbocycles. The molecule has 61 heavy (non-hydrogen) atoms. The Balaban J connectivity index is 1.91. The van der Waals surface area contributed by atoms with Crippen molar-refractivity contribution in [1.29, 1.82) is 0 Å². The van der Waals surface area contributed by atoms with Gasteiger partial charge in [-0.15, -0.1) is 0 Å². The quantitative estimate of drug-likeness (QED) is 0.0297. The van der Waals surface area contributed by atoms with E-state index in [0.717, 1.165) is 44.9 Å². The molecule has 9 N–H and O–H groups in total. The standard InChI is InChI=1S/C47H85NO13/c1-3-5-7-9-11-13-15-16-17-18-19-21-22-24-26-28-30-36(51)35(48-39(52)31-29-27-25-23-20-14-12-10-8-6-4-2)34-58-46-44(57)42(55)45(38(33-50)60-46)61-47-43(56)41(54)40(53)37(32-49)59-47/h16-17,21-22,28,30,35-38,40-47,49-51,53-57H,3-15,18-20,23-27,29,31-34H2,1-2H3,(H,48,52)/b17-16+,22-21+,30-28+. The fourth-order valence-electron chi connectivity index (χ4n) is 7.61. The summed E-state index contributed by atoms with van der Waals surface area (Å²) < 4.78 is 22.6. The van der Waals surface area contributed by atoms with E-state index in [0.29, 0.717) is 12.8 Å². The maximum absolute atomic E-state index is 13.1. The Morgan fingerprint density at radius 1 is 0.574 bits per heavy atom. The zero-order valence-corrected chi connectivity index (χ0v) is 37.4. The van der Waals surface area contributed by atoms with Gasteiger partial charge in [0.1, 0.15) is 48.8 Å². The highest BCUT2D eigenvalue weighted by Crippen LogP contribution is 2.30. The third kappa shape index (κ3) is 22.6. The van der Waals surface area contributed by atoms with Crippen molar-refractivity contribution in [2.75, 3.05) is 19.8 Å². The predicted molar refractivity (Wildman–Crippen MR) is 235 cm³/mol. The number of hydrogen-bond acceptors (Lipinski definition) is 13. The van der Waals surface area contributed by atoms with Crippen molar-refractivity contribution < 1.29 is 64.6 Å². The van der Waals surface area contributed by atoms with Gasteiger partial charge in [0.25, 0.3) is 0 Å². The van der Waals surface area contributed by atoms with E-state index < -0.39 is 86.8 Å². The molecule has 14 heteroatoms. The fraction of sp³-hybridized carbons (Fsp3) is 0.851. The highest BCUT2D eigenvalue weighted by molar-refractivity contribution is 5.76. The largest absolute Gasteiger partial charge is 0.394 e. The monoisotopic (exact) mass is 872 g/mol. The van der Waals surface area contributed by atoms with E-state index in [1.165, 1.54) is 83.5 Å². The molecule has 2 rings (SSSR count). The number of carbonyl (C=O) groups excluding carboxylic acids is 1. The number of amides is 1. The number of rotatable bonds is 35. The minimum absolute atomic E-state index is 0.257. The van der Waals surface area contributed by atoms with Gasteiger partial charge in [0.2, 0.25) is 5.91 Å². The summed E-state index contributed by atoms with van der Waals surface area (Å²) in [6, 6.07) is -0.932. The SMILES string of the molecule is CCCCCCCC/C=C/CC/C=C/CC/C=C/C(O)C(COC1OC(CO)C(OC2OC(CO)C(O)C(O)C2O)C(O)C1O)NC(=O)CCCCCCCCCCCCC. The highest BCUT2D eigenvalue weighted by atomic mass is 16.7. The van der Waals surface area contributed by atoms with E-state index in [1.807, 2.05) is 6.08 Å². The van der Waals surface area contributed by atoms with Gasteiger partial charge in [0, 0.05) is 6.42 Å². The molecule has 0 aromatic heterocycles. The second-order valence-corrected chi connectivity index (χ2v) is 16.9. The first kappa shape index (κ1) is 55.3. The Morgan fingerprint density at radius 2 is 1.05 bits per heavy atom.